The second kappa shape index (κ2) is 3.99. The summed E-state index contributed by atoms with van der Waals surface area (Å²) in [6.45, 7) is 0. The smallest absolute Gasteiger partial charge is 0.337 e. The highest BCUT2D eigenvalue weighted by Gasteiger charge is 2.33. The molecular formula is C11H6ClF3N4. The highest BCUT2D eigenvalue weighted by molar-refractivity contribution is 6.32. The summed E-state index contributed by atoms with van der Waals surface area (Å²) in [6.07, 6.45) is -2.97. The number of benzene rings is 1. The van der Waals surface area contributed by atoms with Gasteiger partial charge in [-0.1, -0.05) is 11.6 Å². The fourth-order valence-corrected chi connectivity index (χ4v) is 2.03. The fourth-order valence-electron chi connectivity index (χ4n) is 1.76. The normalized spacial score (nSPS) is 12.2. The molecule has 0 bridgehead atoms. The van der Waals surface area contributed by atoms with Crippen LogP contribution in [0.3, 0.4) is 0 Å². The van der Waals surface area contributed by atoms with Gasteiger partial charge in [-0.05, 0) is 18.2 Å². The lowest BCUT2D eigenvalue weighted by atomic mass is 10.2. The molecule has 98 valence electrons. The Morgan fingerprint density at radius 3 is 2.63 bits per heavy atom. The van der Waals surface area contributed by atoms with Gasteiger partial charge in [-0.15, -0.1) is 0 Å². The zero-order chi connectivity index (χ0) is 13.6. The number of halogens is 4. The predicted molar refractivity (Wildman–Crippen MR) is 63.7 cm³/mol. The molecule has 2 heterocycles. The molecule has 3 aromatic rings. The number of imidazole rings is 1. The molecule has 0 amide bonds. The standard InChI is InChI=1S/C11H6ClF3N4/c12-6-4-9-8(3-5(6)11(13,14)15)17-10(18-9)7-1-2-16-19-7/h1-4H,(H,16,19)(H,17,18). The summed E-state index contributed by atoms with van der Waals surface area (Å²) in [6, 6.07) is 3.80. The van der Waals surface area contributed by atoms with E-state index in [4.69, 9.17) is 11.6 Å². The topological polar surface area (TPSA) is 57.4 Å². The predicted octanol–water partition coefficient (Wildman–Crippen LogP) is 3.63. The van der Waals surface area contributed by atoms with Gasteiger partial charge in [0.1, 0.15) is 5.69 Å². The number of nitrogens with zero attached hydrogens (tertiary/aromatic N) is 2. The molecular weight excluding hydrogens is 281 g/mol. The minimum absolute atomic E-state index is 0.265. The lowest BCUT2D eigenvalue weighted by Crippen LogP contribution is -2.05. The molecule has 1 aromatic carbocycles. The zero-order valence-corrected chi connectivity index (χ0v) is 9.97. The van der Waals surface area contributed by atoms with E-state index in [0.717, 1.165) is 6.07 Å². The summed E-state index contributed by atoms with van der Waals surface area (Å²) >= 11 is 5.63. The fraction of sp³-hybridized carbons (Fsp3) is 0.0909. The first-order valence-corrected chi connectivity index (χ1v) is 5.59. The molecule has 0 saturated heterocycles. The molecule has 0 unspecified atom stereocenters. The van der Waals surface area contributed by atoms with Crippen LogP contribution in [-0.2, 0) is 6.18 Å². The highest BCUT2D eigenvalue weighted by Crippen LogP contribution is 2.36. The van der Waals surface area contributed by atoms with Crippen molar-refractivity contribution in [3.05, 3.63) is 35.0 Å². The van der Waals surface area contributed by atoms with Crippen molar-refractivity contribution in [2.45, 2.75) is 6.18 Å². The molecule has 0 radical (unpaired) electrons. The van der Waals surface area contributed by atoms with Crippen molar-refractivity contribution < 1.29 is 13.2 Å². The van der Waals surface area contributed by atoms with Crippen molar-refractivity contribution in [3.63, 3.8) is 0 Å². The van der Waals surface area contributed by atoms with Crippen LogP contribution in [0.4, 0.5) is 13.2 Å². The average molecular weight is 287 g/mol. The molecule has 3 rings (SSSR count). The van der Waals surface area contributed by atoms with Crippen LogP contribution in [0.1, 0.15) is 5.56 Å². The number of aromatic nitrogens is 4. The van der Waals surface area contributed by atoms with Crippen LogP contribution in [-0.4, -0.2) is 20.2 Å². The summed E-state index contributed by atoms with van der Waals surface area (Å²) in [5.74, 6) is 0.405. The third-order valence-corrected chi connectivity index (χ3v) is 2.94. The lowest BCUT2D eigenvalue weighted by Gasteiger charge is -2.07. The molecule has 0 aliphatic rings. The molecule has 8 heteroatoms. The molecule has 0 aliphatic carbocycles. The number of hydrogen-bond donors (Lipinski definition) is 2. The number of nitrogens with one attached hydrogen (secondary N) is 2. The monoisotopic (exact) mass is 286 g/mol. The van der Waals surface area contributed by atoms with Crippen LogP contribution in [0.5, 0.6) is 0 Å². The third kappa shape index (κ3) is 2.06. The van der Waals surface area contributed by atoms with Gasteiger partial charge in [-0.2, -0.15) is 18.3 Å². The van der Waals surface area contributed by atoms with E-state index in [9.17, 15) is 13.2 Å². The average Bonchev–Trinajstić information content (AvgIpc) is 2.93. The Hall–Kier alpha value is -2.02. The number of aromatic amines is 2. The van der Waals surface area contributed by atoms with Crippen LogP contribution in [0.25, 0.3) is 22.6 Å². The molecule has 19 heavy (non-hydrogen) atoms. The van der Waals surface area contributed by atoms with Gasteiger partial charge in [0.15, 0.2) is 5.82 Å². The first-order chi connectivity index (χ1) is 8.95. The van der Waals surface area contributed by atoms with E-state index in [1.54, 1.807) is 6.07 Å². The van der Waals surface area contributed by atoms with Gasteiger partial charge in [0.25, 0.3) is 0 Å². The number of fused-ring (bicyclic) bond motifs is 1. The van der Waals surface area contributed by atoms with E-state index in [0.29, 0.717) is 17.0 Å². The van der Waals surface area contributed by atoms with Crippen molar-refractivity contribution in [1.82, 2.24) is 20.2 Å². The Morgan fingerprint density at radius 2 is 2.00 bits per heavy atom. The maximum atomic E-state index is 12.7. The molecule has 0 atom stereocenters. The Morgan fingerprint density at radius 1 is 1.21 bits per heavy atom. The van der Waals surface area contributed by atoms with Crippen LogP contribution in [0.15, 0.2) is 24.4 Å². The van der Waals surface area contributed by atoms with Gasteiger partial charge in [-0.25, -0.2) is 4.98 Å². The van der Waals surface area contributed by atoms with Crippen LogP contribution < -0.4 is 0 Å². The quantitative estimate of drug-likeness (QED) is 0.718. The zero-order valence-electron chi connectivity index (χ0n) is 9.22. The van der Waals surface area contributed by atoms with Crippen LogP contribution >= 0.6 is 11.6 Å². The molecule has 2 N–H and O–H groups in total. The van der Waals surface area contributed by atoms with E-state index in [-0.39, 0.29) is 10.5 Å². The van der Waals surface area contributed by atoms with Crippen molar-refractivity contribution in [1.29, 1.82) is 0 Å². The summed E-state index contributed by atoms with van der Waals surface area (Å²) < 4.78 is 38.2. The van der Waals surface area contributed by atoms with E-state index < -0.39 is 11.7 Å². The summed E-state index contributed by atoms with van der Waals surface area (Å²) in [7, 11) is 0. The lowest BCUT2D eigenvalue weighted by molar-refractivity contribution is -0.137. The maximum absolute atomic E-state index is 12.7. The van der Waals surface area contributed by atoms with Gasteiger partial charge in [0, 0.05) is 6.20 Å². The molecule has 0 saturated carbocycles. The van der Waals surface area contributed by atoms with Crippen molar-refractivity contribution in [3.8, 4) is 11.5 Å². The first-order valence-electron chi connectivity index (χ1n) is 5.21. The molecule has 2 aromatic heterocycles. The van der Waals surface area contributed by atoms with Crippen molar-refractivity contribution >= 4 is 22.6 Å². The molecule has 0 aliphatic heterocycles. The number of alkyl halides is 3. The summed E-state index contributed by atoms with van der Waals surface area (Å²) in [4.78, 5) is 6.96. The van der Waals surface area contributed by atoms with E-state index in [2.05, 4.69) is 20.2 Å². The second-order valence-corrected chi connectivity index (χ2v) is 4.31. The molecule has 4 nitrogen and oxygen atoms in total. The van der Waals surface area contributed by atoms with E-state index >= 15 is 0 Å². The Bertz CT molecular complexity index is 730. The van der Waals surface area contributed by atoms with Gasteiger partial charge >= 0.3 is 6.18 Å². The Labute approximate surface area is 109 Å². The Kier molecular flexibility index (Phi) is 2.53. The number of rotatable bonds is 1. The second-order valence-electron chi connectivity index (χ2n) is 3.90. The minimum atomic E-state index is -4.50. The SMILES string of the molecule is FC(F)(F)c1cc2[nH]c(-c3ccn[nH]3)nc2cc1Cl. The summed E-state index contributed by atoms with van der Waals surface area (Å²) in [5.41, 5.74) is 0.325. The first kappa shape index (κ1) is 12.0. The van der Waals surface area contributed by atoms with E-state index in [1.807, 2.05) is 0 Å². The van der Waals surface area contributed by atoms with Crippen LogP contribution in [0, 0.1) is 0 Å². The van der Waals surface area contributed by atoms with Crippen LogP contribution in [0.2, 0.25) is 5.02 Å². The van der Waals surface area contributed by atoms with E-state index in [1.165, 1.54) is 12.3 Å². The number of hydrogen-bond acceptors (Lipinski definition) is 2. The maximum Gasteiger partial charge on any atom is 0.417 e. The number of H-pyrrole nitrogens is 2. The van der Waals surface area contributed by atoms with Gasteiger partial charge in [0.2, 0.25) is 0 Å². The minimum Gasteiger partial charge on any atom is -0.337 e. The molecule has 0 fully saturated rings. The summed E-state index contributed by atoms with van der Waals surface area (Å²) in [5, 5.41) is 6.05. The Balaban J connectivity index is 2.19. The highest BCUT2D eigenvalue weighted by atomic mass is 35.5. The van der Waals surface area contributed by atoms with Gasteiger partial charge < -0.3 is 4.98 Å². The van der Waals surface area contributed by atoms with Crippen molar-refractivity contribution in [2.24, 2.45) is 0 Å². The third-order valence-electron chi connectivity index (χ3n) is 2.63. The largest absolute Gasteiger partial charge is 0.417 e. The molecule has 0 spiro atoms. The van der Waals surface area contributed by atoms with Crippen molar-refractivity contribution in [2.75, 3.05) is 0 Å². The van der Waals surface area contributed by atoms with Gasteiger partial charge in [0.05, 0.1) is 21.6 Å². The van der Waals surface area contributed by atoms with Gasteiger partial charge in [-0.3, -0.25) is 5.10 Å².